The van der Waals surface area contributed by atoms with E-state index in [1.54, 1.807) is 57.2 Å². The van der Waals surface area contributed by atoms with Crippen LogP contribution in [0.3, 0.4) is 0 Å². The van der Waals surface area contributed by atoms with E-state index in [1.165, 1.54) is 0 Å². The van der Waals surface area contributed by atoms with Crippen molar-refractivity contribution in [1.82, 2.24) is 10.6 Å². The standard InChI is InChI=1S/C22H27ClN2O4/c1-22(2,3)29-21(28)25-19(14-16-4-8-17(23)9-5-16)20(27)24-13-12-15-6-10-18(26)11-7-15/h4-11,19,26H,12-14H2,1-3H3,(H,24,27)(H,25,28). The van der Waals surface area contributed by atoms with Gasteiger partial charge in [-0.2, -0.15) is 0 Å². The van der Waals surface area contributed by atoms with Gasteiger partial charge in [0.05, 0.1) is 0 Å². The molecule has 0 aromatic heterocycles. The van der Waals surface area contributed by atoms with Crippen LogP contribution in [0.2, 0.25) is 5.02 Å². The van der Waals surface area contributed by atoms with E-state index in [0.29, 0.717) is 24.4 Å². The van der Waals surface area contributed by atoms with E-state index in [-0.39, 0.29) is 11.7 Å². The Hall–Kier alpha value is -2.73. The monoisotopic (exact) mass is 418 g/mol. The highest BCUT2D eigenvalue weighted by molar-refractivity contribution is 6.30. The maximum Gasteiger partial charge on any atom is 0.408 e. The first kappa shape index (κ1) is 22.6. The maximum atomic E-state index is 12.7. The second-order valence-electron chi connectivity index (χ2n) is 7.74. The average molecular weight is 419 g/mol. The third kappa shape index (κ3) is 8.44. The van der Waals surface area contributed by atoms with Gasteiger partial charge in [0.15, 0.2) is 0 Å². The molecular formula is C22H27ClN2O4. The van der Waals surface area contributed by atoms with E-state index in [0.717, 1.165) is 11.1 Å². The first-order chi connectivity index (χ1) is 13.6. The predicted octanol–water partition coefficient (Wildman–Crippen LogP) is 3.84. The third-order valence-electron chi connectivity index (χ3n) is 4.01. The number of phenols is 1. The second-order valence-corrected chi connectivity index (χ2v) is 8.17. The number of hydrogen-bond acceptors (Lipinski definition) is 4. The van der Waals surface area contributed by atoms with Crippen molar-refractivity contribution in [2.75, 3.05) is 6.54 Å². The Bertz CT molecular complexity index is 814. The van der Waals surface area contributed by atoms with Crippen LogP contribution in [-0.2, 0) is 22.4 Å². The molecule has 0 aliphatic carbocycles. The number of rotatable bonds is 7. The summed E-state index contributed by atoms with van der Waals surface area (Å²) < 4.78 is 5.29. The lowest BCUT2D eigenvalue weighted by Crippen LogP contribution is -2.49. The Morgan fingerprint density at radius 2 is 1.62 bits per heavy atom. The van der Waals surface area contributed by atoms with Crippen LogP contribution in [0.1, 0.15) is 31.9 Å². The van der Waals surface area contributed by atoms with Crippen LogP contribution < -0.4 is 10.6 Å². The quantitative estimate of drug-likeness (QED) is 0.637. The van der Waals surface area contributed by atoms with Crippen molar-refractivity contribution in [2.45, 2.75) is 45.3 Å². The van der Waals surface area contributed by atoms with Crippen LogP contribution in [0.4, 0.5) is 4.79 Å². The fraction of sp³-hybridized carbons (Fsp3) is 0.364. The summed E-state index contributed by atoms with van der Waals surface area (Å²) in [4.78, 5) is 24.9. The molecule has 2 aromatic rings. The van der Waals surface area contributed by atoms with Crippen LogP contribution in [0.25, 0.3) is 0 Å². The third-order valence-corrected chi connectivity index (χ3v) is 4.26. The largest absolute Gasteiger partial charge is 0.508 e. The summed E-state index contributed by atoms with van der Waals surface area (Å²) in [6.45, 7) is 5.69. The smallest absolute Gasteiger partial charge is 0.408 e. The van der Waals surface area contributed by atoms with Gasteiger partial charge in [-0.3, -0.25) is 4.79 Å². The number of phenolic OH excluding ortho intramolecular Hbond substituents is 1. The summed E-state index contributed by atoms with van der Waals surface area (Å²) in [6.07, 6.45) is 0.262. The van der Waals surface area contributed by atoms with Gasteiger partial charge in [0.25, 0.3) is 0 Å². The van der Waals surface area contributed by atoms with Gasteiger partial charge in [-0.25, -0.2) is 4.79 Å². The number of ether oxygens (including phenoxy) is 1. The Balaban J connectivity index is 1.99. The minimum absolute atomic E-state index is 0.197. The lowest BCUT2D eigenvalue weighted by molar-refractivity contribution is -0.123. The molecule has 29 heavy (non-hydrogen) atoms. The molecule has 0 fully saturated rings. The SMILES string of the molecule is CC(C)(C)OC(=O)NC(Cc1ccc(Cl)cc1)C(=O)NCCc1ccc(O)cc1. The molecule has 0 spiro atoms. The van der Waals surface area contributed by atoms with Gasteiger partial charge < -0.3 is 20.5 Å². The fourth-order valence-corrected chi connectivity index (χ4v) is 2.76. The number of halogens is 1. The molecule has 156 valence electrons. The van der Waals surface area contributed by atoms with Crippen molar-refractivity contribution < 1.29 is 19.4 Å². The molecule has 3 N–H and O–H groups in total. The topological polar surface area (TPSA) is 87.7 Å². The predicted molar refractivity (Wildman–Crippen MR) is 113 cm³/mol. The molecule has 2 rings (SSSR count). The van der Waals surface area contributed by atoms with Crippen LogP contribution in [0.5, 0.6) is 5.75 Å². The number of carbonyl (C=O) groups excluding carboxylic acids is 2. The Morgan fingerprint density at radius 1 is 1.03 bits per heavy atom. The molecule has 0 radical (unpaired) electrons. The van der Waals surface area contributed by atoms with Crippen LogP contribution in [0, 0.1) is 0 Å². The van der Waals surface area contributed by atoms with Gasteiger partial charge in [0.1, 0.15) is 17.4 Å². The number of hydrogen-bond donors (Lipinski definition) is 3. The number of alkyl carbamates (subject to hydrolysis) is 1. The van der Waals surface area contributed by atoms with Crippen LogP contribution in [-0.4, -0.2) is 35.3 Å². The van der Waals surface area contributed by atoms with Crippen molar-refractivity contribution in [3.05, 3.63) is 64.7 Å². The molecule has 0 bridgehead atoms. The van der Waals surface area contributed by atoms with Gasteiger partial charge in [0, 0.05) is 18.0 Å². The number of aromatic hydroxyl groups is 1. The van der Waals surface area contributed by atoms with Crippen molar-refractivity contribution >= 4 is 23.6 Å². The zero-order valence-electron chi connectivity index (χ0n) is 16.9. The van der Waals surface area contributed by atoms with Gasteiger partial charge in [-0.1, -0.05) is 35.9 Å². The Labute approximate surface area is 176 Å². The molecule has 7 heteroatoms. The van der Waals surface area contributed by atoms with Crippen LogP contribution in [0.15, 0.2) is 48.5 Å². The molecular weight excluding hydrogens is 392 g/mol. The molecule has 0 heterocycles. The van der Waals surface area contributed by atoms with Gasteiger partial charge in [-0.05, 0) is 62.6 Å². The zero-order valence-corrected chi connectivity index (χ0v) is 17.6. The van der Waals surface area contributed by atoms with Crippen molar-refractivity contribution in [2.24, 2.45) is 0 Å². The number of benzene rings is 2. The normalized spacial score (nSPS) is 12.1. The molecule has 1 atom stereocenters. The highest BCUT2D eigenvalue weighted by Crippen LogP contribution is 2.13. The van der Waals surface area contributed by atoms with Gasteiger partial charge in [0.2, 0.25) is 5.91 Å². The summed E-state index contributed by atoms with van der Waals surface area (Å²) in [5, 5.41) is 15.4. The molecule has 2 aromatic carbocycles. The highest BCUT2D eigenvalue weighted by Gasteiger charge is 2.24. The number of amides is 2. The lowest BCUT2D eigenvalue weighted by atomic mass is 10.1. The van der Waals surface area contributed by atoms with E-state index >= 15 is 0 Å². The van der Waals surface area contributed by atoms with E-state index in [2.05, 4.69) is 10.6 Å². The molecule has 2 amide bonds. The first-order valence-corrected chi connectivity index (χ1v) is 9.80. The molecule has 6 nitrogen and oxygen atoms in total. The van der Waals surface area contributed by atoms with Gasteiger partial charge in [-0.15, -0.1) is 0 Å². The molecule has 0 saturated carbocycles. The van der Waals surface area contributed by atoms with E-state index < -0.39 is 17.7 Å². The van der Waals surface area contributed by atoms with E-state index in [9.17, 15) is 14.7 Å². The summed E-state index contributed by atoms with van der Waals surface area (Å²) >= 11 is 5.92. The minimum Gasteiger partial charge on any atom is -0.508 e. The Morgan fingerprint density at radius 3 is 2.21 bits per heavy atom. The average Bonchev–Trinajstić information content (AvgIpc) is 2.63. The summed E-state index contributed by atoms with van der Waals surface area (Å²) in [5.74, 6) is -0.105. The molecule has 0 aliphatic heterocycles. The minimum atomic E-state index is -0.786. The summed E-state index contributed by atoms with van der Waals surface area (Å²) in [7, 11) is 0. The summed E-state index contributed by atoms with van der Waals surface area (Å²) in [6, 6.07) is 13.1. The van der Waals surface area contributed by atoms with E-state index in [1.807, 2.05) is 12.1 Å². The second kappa shape index (κ2) is 10.2. The molecule has 0 saturated heterocycles. The van der Waals surface area contributed by atoms with Crippen LogP contribution >= 0.6 is 11.6 Å². The number of carbonyl (C=O) groups is 2. The van der Waals surface area contributed by atoms with Crippen molar-refractivity contribution in [3.63, 3.8) is 0 Å². The van der Waals surface area contributed by atoms with Gasteiger partial charge >= 0.3 is 6.09 Å². The first-order valence-electron chi connectivity index (χ1n) is 9.42. The highest BCUT2D eigenvalue weighted by atomic mass is 35.5. The maximum absolute atomic E-state index is 12.7. The molecule has 0 aliphatic rings. The Kier molecular flexibility index (Phi) is 7.91. The zero-order chi connectivity index (χ0) is 21.4. The van der Waals surface area contributed by atoms with Crippen molar-refractivity contribution in [3.8, 4) is 5.75 Å². The number of nitrogens with one attached hydrogen (secondary N) is 2. The lowest BCUT2D eigenvalue weighted by Gasteiger charge is -2.23. The molecule has 1 unspecified atom stereocenters. The fourth-order valence-electron chi connectivity index (χ4n) is 2.63. The van der Waals surface area contributed by atoms with Crippen molar-refractivity contribution in [1.29, 1.82) is 0 Å². The van der Waals surface area contributed by atoms with E-state index in [4.69, 9.17) is 16.3 Å². The summed E-state index contributed by atoms with van der Waals surface area (Å²) in [5.41, 5.74) is 1.19.